The topological polar surface area (TPSA) is 60.9 Å². The van der Waals surface area contributed by atoms with Crippen LogP contribution in [0, 0.1) is 0 Å². The molecule has 1 saturated heterocycles. The average molecular weight is 462 g/mol. The number of benzene rings is 3. The van der Waals surface area contributed by atoms with E-state index in [-0.39, 0.29) is 16.8 Å². The first kappa shape index (κ1) is 21.7. The Kier molecular flexibility index (Phi) is 5.68. The van der Waals surface area contributed by atoms with E-state index in [0.717, 1.165) is 23.4 Å². The first-order chi connectivity index (χ1) is 15.9. The van der Waals surface area contributed by atoms with E-state index in [1.807, 2.05) is 61.5 Å². The maximum absolute atomic E-state index is 13.4. The Labute approximate surface area is 195 Å². The van der Waals surface area contributed by atoms with Gasteiger partial charge in [0.05, 0.1) is 4.90 Å². The van der Waals surface area contributed by atoms with Crippen molar-refractivity contribution < 1.29 is 13.2 Å². The first-order valence-electron chi connectivity index (χ1n) is 11.3. The van der Waals surface area contributed by atoms with Crippen LogP contribution in [-0.4, -0.2) is 50.9 Å². The fraction of sp³-hybridized carbons (Fsp3) is 0.269. The molecule has 2 aliphatic heterocycles. The molecule has 0 aromatic heterocycles. The molecule has 33 heavy (non-hydrogen) atoms. The molecule has 1 fully saturated rings. The molecule has 1 atom stereocenters. The molecule has 0 unspecified atom stereocenters. The van der Waals surface area contributed by atoms with Crippen LogP contribution in [0.5, 0.6) is 0 Å². The van der Waals surface area contributed by atoms with E-state index in [2.05, 4.69) is 4.90 Å². The predicted molar refractivity (Wildman–Crippen MR) is 130 cm³/mol. The molecule has 3 aromatic carbocycles. The molecular weight excluding hydrogens is 434 g/mol. The van der Waals surface area contributed by atoms with Gasteiger partial charge in [0.15, 0.2) is 0 Å². The zero-order valence-corrected chi connectivity index (χ0v) is 19.4. The van der Waals surface area contributed by atoms with Gasteiger partial charge >= 0.3 is 0 Å². The van der Waals surface area contributed by atoms with E-state index >= 15 is 0 Å². The highest BCUT2D eigenvalue weighted by atomic mass is 32.2. The monoisotopic (exact) mass is 461 g/mol. The Morgan fingerprint density at radius 2 is 1.55 bits per heavy atom. The van der Waals surface area contributed by atoms with E-state index in [1.165, 1.54) is 10.4 Å². The number of hydrogen-bond acceptors (Lipinski definition) is 4. The van der Waals surface area contributed by atoms with Crippen LogP contribution in [0.15, 0.2) is 83.8 Å². The molecule has 0 N–H and O–H groups in total. The predicted octanol–water partition coefficient (Wildman–Crippen LogP) is 3.79. The third-order valence-electron chi connectivity index (χ3n) is 6.50. The molecule has 170 valence electrons. The highest BCUT2D eigenvalue weighted by Crippen LogP contribution is 2.33. The van der Waals surface area contributed by atoms with Gasteiger partial charge in [0.25, 0.3) is 5.91 Å². The second kappa shape index (κ2) is 8.65. The minimum atomic E-state index is -3.69. The van der Waals surface area contributed by atoms with Crippen LogP contribution in [0.25, 0.3) is 0 Å². The second-order valence-electron chi connectivity index (χ2n) is 8.61. The van der Waals surface area contributed by atoms with Crippen LogP contribution < -0.4 is 9.80 Å². The molecule has 2 aliphatic rings. The largest absolute Gasteiger partial charge is 0.369 e. The number of hydrogen-bond donors (Lipinski definition) is 0. The summed E-state index contributed by atoms with van der Waals surface area (Å²) < 4.78 is 28.3. The third-order valence-corrected chi connectivity index (χ3v) is 8.40. The summed E-state index contributed by atoms with van der Waals surface area (Å²) in [5, 5.41) is 0. The fourth-order valence-electron chi connectivity index (χ4n) is 4.78. The molecule has 0 spiro atoms. The van der Waals surface area contributed by atoms with Gasteiger partial charge in [-0.05, 0) is 55.3 Å². The number of carbonyl (C=O) groups is 1. The number of carbonyl (C=O) groups excluding carboxylic acids is 1. The SMILES string of the molecule is C[C@@H]1Cc2ccccc2N1C(=O)c1cccc(S(=O)(=O)N2CCN(c3ccccc3)CC2)c1. The quantitative estimate of drug-likeness (QED) is 0.593. The third kappa shape index (κ3) is 4.03. The maximum Gasteiger partial charge on any atom is 0.258 e. The van der Waals surface area contributed by atoms with Gasteiger partial charge in [-0.15, -0.1) is 0 Å². The van der Waals surface area contributed by atoms with Crippen LogP contribution in [0.3, 0.4) is 0 Å². The van der Waals surface area contributed by atoms with Crippen LogP contribution in [0.4, 0.5) is 11.4 Å². The number of nitrogens with zero attached hydrogens (tertiary/aromatic N) is 3. The van der Waals surface area contributed by atoms with E-state index in [9.17, 15) is 13.2 Å². The lowest BCUT2D eigenvalue weighted by Crippen LogP contribution is -2.48. The van der Waals surface area contributed by atoms with Crippen molar-refractivity contribution >= 4 is 27.3 Å². The highest BCUT2D eigenvalue weighted by Gasteiger charge is 2.33. The Morgan fingerprint density at radius 1 is 0.848 bits per heavy atom. The van der Waals surface area contributed by atoms with Gasteiger partial charge in [-0.1, -0.05) is 42.5 Å². The molecular formula is C26H27N3O3S. The number of rotatable bonds is 4. The van der Waals surface area contributed by atoms with Gasteiger partial charge in [0.2, 0.25) is 10.0 Å². The molecule has 6 nitrogen and oxygen atoms in total. The average Bonchev–Trinajstić information content (AvgIpc) is 3.20. The smallest absolute Gasteiger partial charge is 0.258 e. The fourth-order valence-corrected chi connectivity index (χ4v) is 6.25. The van der Waals surface area contributed by atoms with Crippen molar-refractivity contribution in [1.82, 2.24) is 4.31 Å². The van der Waals surface area contributed by atoms with Gasteiger partial charge in [0.1, 0.15) is 0 Å². The van der Waals surface area contributed by atoms with E-state index in [0.29, 0.717) is 31.7 Å². The molecule has 5 rings (SSSR count). The summed E-state index contributed by atoms with van der Waals surface area (Å²) in [7, 11) is -3.69. The second-order valence-corrected chi connectivity index (χ2v) is 10.5. The Morgan fingerprint density at radius 3 is 2.30 bits per heavy atom. The number of piperazine rings is 1. The number of amides is 1. The Bertz CT molecular complexity index is 1270. The van der Waals surface area contributed by atoms with Gasteiger partial charge < -0.3 is 9.80 Å². The zero-order valence-electron chi connectivity index (χ0n) is 18.6. The van der Waals surface area contributed by atoms with E-state index in [1.54, 1.807) is 23.1 Å². The lowest BCUT2D eigenvalue weighted by Gasteiger charge is -2.35. The zero-order chi connectivity index (χ0) is 23.0. The van der Waals surface area contributed by atoms with Gasteiger partial charge in [0, 0.05) is 49.2 Å². The van der Waals surface area contributed by atoms with Gasteiger partial charge in [-0.2, -0.15) is 4.31 Å². The highest BCUT2D eigenvalue weighted by molar-refractivity contribution is 7.89. The minimum Gasteiger partial charge on any atom is -0.369 e. The molecule has 0 bridgehead atoms. The summed E-state index contributed by atoms with van der Waals surface area (Å²) >= 11 is 0. The summed E-state index contributed by atoms with van der Waals surface area (Å²) in [5.74, 6) is -0.168. The van der Waals surface area contributed by atoms with Crippen LogP contribution >= 0.6 is 0 Å². The maximum atomic E-state index is 13.4. The van der Waals surface area contributed by atoms with Gasteiger partial charge in [-0.3, -0.25) is 4.79 Å². The van der Waals surface area contributed by atoms with Gasteiger partial charge in [-0.25, -0.2) is 8.42 Å². The Balaban J connectivity index is 1.35. The van der Waals surface area contributed by atoms with E-state index in [4.69, 9.17) is 0 Å². The normalized spacial score (nSPS) is 18.9. The molecule has 2 heterocycles. The van der Waals surface area contributed by atoms with Crippen molar-refractivity contribution in [3.8, 4) is 0 Å². The van der Waals surface area contributed by atoms with E-state index < -0.39 is 10.0 Å². The first-order valence-corrected chi connectivity index (χ1v) is 12.7. The lowest BCUT2D eigenvalue weighted by molar-refractivity contribution is 0.0981. The summed E-state index contributed by atoms with van der Waals surface area (Å²) in [5.41, 5.74) is 3.53. The van der Waals surface area contributed by atoms with Crippen molar-refractivity contribution in [2.45, 2.75) is 24.3 Å². The molecule has 0 aliphatic carbocycles. The summed E-state index contributed by atoms with van der Waals surface area (Å²) in [6.45, 7) is 4.09. The minimum absolute atomic E-state index is 0.0289. The van der Waals surface area contributed by atoms with Crippen LogP contribution in [-0.2, 0) is 16.4 Å². The molecule has 0 radical (unpaired) electrons. The molecule has 3 aromatic rings. The summed E-state index contributed by atoms with van der Waals surface area (Å²) in [4.78, 5) is 17.5. The number of anilines is 2. The van der Waals surface area contributed by atoms with Crippen molar-refractivity contribution in [3.63, 3.8) is 0 Å². The lowest BCUT2D eigenvalue weighted by atomic mass is 10.1. The summed E-state index contributed by atoms with van der Waals surface area (Å²) in [6.07, 6.45) is 0.797. The number of sulfonamides is 1. The van der Waals surface area contributed by atoms with Crippen molar-refractivity contribution in [1.29, 1.82) is 0 Å². The van der Waals surface area contributed by atoms with Crippen molar-refractivity contribution in [2.75, 3.05) is 36.0 Å². The standard InChI is InChI=1S/C26H27N3O3S/c1-20-18-21-8-5-6-13-25(21)29(20)26(30)22-9-7-12-24(19-22)33(31,32)28-16-14-27(15-17-28)23-10-3-2-4-11-23/h2-13,19-20H,14-18H2,1H3/t20-/m1/s1. The van der Waals surface area contributed by atoms with Crippen molar-refractivity contribution in [3.05, 3.63) is 90.0 Å². The number of para-hydroxylation sites is 2. The number of fused-ring (bicyclic) bond motifs is 1. The Hall–Kier alpha value is -3.16. The van der Waals surface area contributed by atoms with Crippen molar-refractivity contribution in [2.24, 2.45) is 0 Å². The van der Waals surface area contributed by atoms with Crippen LogP contribution in [0.1, 0.15) is 22.8 Å². The molecule has 7 heteroatoms. The summed E-state index contributed by atoms with van der Waals surface area (Å²) in [6, 6.07) is 24.4. The van der Waals surface area contributed by atoms with Crippen LogP contribution in [0.2, 0.25) is 0 Å². The molecule has 1 amide bonds. The molecule has 0 saturated carbocycles.